The highest BCUT2D eigenvalue weighted by molar-refractivity contribution is 5.10. The van der Waals surface area contributed by atoms with Gasteiger partial charge in [0.05, 0.1) is 12.5 Å². The molecule has 17 heavy (non-hydrogen) atoms. The third-order valence-corrected chi connectivity index (χ3v) is 3.78. The van der Waals surface area contributed by atoms with E-state index in [-0.39, 0.29) is 0 Å². The van der Waals surface area contributed by atoms with Gasteiger partial charge in [0.2, 0.25) is 0 Å². The zero-order valence-corrected chi connectivity index (χ0v) is 11.0. The van der Waals surface area contributed by atoms with Crippen LogP contribution in [0.25, 0.3) is 0 Å². The van der Waals surface area contributed by atoms with Gasteiger partial charge in [0.15, 0.2) is 0 Å². The Hall–Kier alpha value is -0.800. The van der Waals surface area contributed by atoms with Crippen molar-refractivity contribution in [2.75, 3.05) is 19.6 Å². The minimum absolute atomic E-state index is 0.376. The molecule has 2 rings (SSSR count). The first kappa shape index (κ1) is 12.7. The molecule has 2 heterocycles. The summed E-state index contributed by atoms with van der Waals surface area (Å²) in [5.41, 5.74) is 1.23. The molecule has 0 bridgehead atoms. The monoisotopic (exact) mass is 236 g/mol. The van der Waals surface area contributed by atoms with Crippen molar-refractivity contribution in [3.63, 3.8) is 0 Å². The molecule has 0 radical (unpaired) electrons. The van der Waals surface area contributed by atoms with Crippen LogP contribution in [0.1, 0.15) is 44.7 Å². The predicted octanol–water partition coefficient (Wildman–Crippen LogP) is 2.80. The average Bonchev–Trinajstić information content (AvgIpc) is 2.90. The fourth-order valence-electron chi connectivity index (χ4n) is 2.47. The van der Waals surface area contributed by atoms with Crippen molar-refractivity contribution < 1.29 is 4.42 Å². The molecule has 96 valence electrons. The van der Waals surface area contributed by atoms with Crippen LogP contribution in [-0.2, 0) is 0 Å². The van der Waals surface area contributed by atoms with Crippen LogP contribution in [0.3, 0.4) is 0 Å². The maximum Gasteiger partial charge on any atom is 0.0950 e. The van der Waals surface area contributed by atoms with Gasteiger partial charge in [0, 0.05) is 24.2 Å². The summed E-state index contributed by atoms with van der Waals surface area (Å²) in [5, 5.41) is 3.58. The lowest BCUT2D eigenvalue weighted by molar-refractivity contribution is 0.168. The smallest absolute Gasteiger partial charge is 0.0950 e. The van der Waals surface area contributed by atoms with Gasteiger partial charge in [-0.15, -0.1) is 0 Å². The second-order valence-electron chi connectivity index (χ2n) is 5.13. The Labute approximate surface area is 104 Å². The lowest BCUT2D eigenvalue weighted by atomic mass is 10.1. The number of nitrogens with zero attached hydrogens (tertiary/aromatic N) is 1. The summed E-state index contributed by atoms with van der Waals surface area (Å²) < 4.78 is 5.11. The van der Waals surface area contributed by atoms with E-state index in [2.05, 4.69) is 24.1 Å². The van der Waals surface area contributed by atoms with E-state index in [1.54, 1.807) is 6.26 Å². The van der Waals surface area contributed by atoms with Crippen molar-refractivity contribution in [3.05, 3.63) is 24.2 Å². The van der Waals surface area contributed by atoms with Crippen LogP contribution in [0.4, 0.5) is 0 Å². The second kappa shape index (κ2) is 6.22. The number of furan rings is 1. The Bertz CT molecular complexity index is 304. The first-order valence-electron chi connectivity index (χ1n) is 6.77. The molecule has 1 fully saturated rings. The number of hydrogen-bond donors (Lipinski definition) is 1. The first-order chi connectivity index (χ1) is 8.27. The summed E-state index contributed by atoms with van der Waals surface area (Å²) in [4.78, 5) is 2.60. The van der Waals surface area contributed by atoms with Gasteiger partial charge in [0.25, 0.3) is 0 Å². The molecule has 1 aliphatic rings. The SMILES string of the molecule is CC(NCC(C)N1CCCCC1)c1ccoc1. The van der Waals surface area contributed by atoms with E-state index in [9.17, 15) is 0 Å². The topological polar surface area (TPSA) is 28.4 Å². The van der Waals surface area contributed by atoms with E-state index in [1.807, 2.05) is 12.3 Å². The third kappa shape index (κ3) is 3.58. The normalized spacial score (nSPS) is 21.3. The maximum absolute atomic E-state index is 5.11. The summed E-state index contributed by atoms with van der Waals surface area (Å²) in [6, 6.07) is 3.04. The number of nitrogens with one attached hydrogen (secondary N) is 1. The van der Waals surface area contributed by atoms with E-state index in [0.29, 0.717) is 12.1 Å². The van der Waals surface area contributed by atoms with Crippen molar-refractivity contribution in [2.24, 2.45) is 0 Å². The maximum atomic E-state index is 5.11. The lowest BCUT2D eigenvalue weighted by Crippen LogP contribution is -2.43. The fourth-order valence-corrected chi connectivity index (χ4v) is 2.47. The standard InChI is InChI=1S/C14H24N2O/c1-12(16-7-4-3-5-8-16)10-15-13(2)14-6-9-17-11-14/h6,9,11-13,15H,3-5,7-8,10H2,1-2H3. The molecule has 2 atom stereocenters. The average molecular weight is 236 g/mol. The summed E-state index contributed by atoms with van der Waals surface area (Å²) in [6.45, 7) is 8.09. The van der Waals surface area contributed by atoms with E-state index in [0.717, 1.165) is 6.54 Å². The number of likely N-dealkylation sites (tertiary alicyclic amines) is 1. The molecule has 0 aromatic carbocycles. The lowest BCUT2D eigenvalue weighted by Gasteiger charge is -2.33. The first-order valence-corrected chi connectivity index (χ1v) is 6.77. The summed E-state index contributed by atoms with van der Waals surface area (Å²) in [7, 11) is 0. The van der Waals surface area contributed by atoms with Crippen LogP contribution < -0.4 is 5.32 Å². The van der Waals surface area contributed by atoms with Crippen LogP contribution >= 0.6 is 0 Å². The number of piperidine rings is 1. The Balaban J connectivity index is 1.73. The highest BCUT2D eigenvalue weighted by Gasteiger charge is 2.17. The zero-order chi connectivity index (χ0) is 12.1. The molecule has 1 aliphatic heterocycles. The molecule has 1 saturated heterocycles. The molecule has 3 heteroatoms. The van der Waals surface area contributed by atoms with Gasteiger partial charge < -0.3 is 9.73 Å². The molecule has 2 unspecified atom stereocenters. The van der Waals surface area contributed by atoms with Gasteiger partial charge in [-0.3, -0.25) is 4.90 Å². The molecule has 0 amide bonds. The van der Waals surface area contributed by atoms with Gasteiger partial charge in [-0.25, -0.2) is 0 Å². The minimum Gasteiger partial charge on any atom is -0.472 e. The molecule has 1 N–H and O–H groups in total. The summed E-state index contributed by atoms with van der Waals surface area (Å²) in [6.07, 6.45) is 7.69. The quantitative estimate of drug-likeness (QED) is 0.852. The van der Waals surface area contributed by atoms with Crippen LogP contribution in [0, 0.1) is 0 Å². The van der Waals surface area contributed by atoms with Crippen molar-refractivity contribution in [1.29, 1.82) is 0 Å². The molecule has 3 nitrogen and oxygen atoms in total. The van der Waals surface area contributed by atoms with Crippen molar-refractivity contribution in [1.82, 2.24) is 10.2 Å². The number of rotatable bonds is 5. The van der Waals surface area contributed by atoms with Crippen LogP contribution in [0.5, 0.6) is 0 Å². The third-order valence-electron chi connectivity index (χ3n) is 3.78. The minimum atomic E-state index is 0.376. The fraction of sp³-hybridized carbons (Fsp3) is 0.714. The Morgan fingerprint density at radius 3 is 2.71 bits per heavy atom. The van der Waals surface area contributed by atoms with Crippen molar-refractivity contribution >= 4 is 0 Å². The van der Waals surface area contributed by atoms with Gasteiger partial charge in [-0.05, 0) is 45.8 Å². The Kier molecular flexibility index (Phi) is 4.63. The largest absolute Gasteiger partial charge is 0.472 e. The molecular weight excluding hydrogens is 212 g/mol. The van der Waals surface area contributed by atoms with E-state index < -0.39 is 0 Å². The van der Waals surface area contributed by atoms with Crippen LogP contribution in [0.15, 0.2) is 23.0 Å². The van der Waals surface area contributed by atoms with Crippen molar-refractivity contribution in [2.45, 2.75) is 45.2 Å². The summed E-state index contributed by atoms with van der Waals surface area (Å²) >= 11 is 0. The molecule has 1 aromatic rings. The highest BCUT2D eigenvalue weighted by Crippen LogP contribution is 2.14. The van der Waals surface area contributed by atoms with Crippen LogP contribution in [0.2, 0.25) is 0 Å². The second-order valence-corrected chi connectivity index (χ2v) is 5.13. The molecule has 0 saturated carbocycles. The van der Waals surface area contributed by atoms with Gasteiger partial charge in [-0.1, -0.05) is 6.42 Å². The predicted molar refractivity (Wildman–Crippen MR) is 70.0 cm³/mol. The molecule has 0 spiro atoms. The Morgan fingerprint density at radius 2 is 2.06 bits per heavy atom. The van der Waals surface area contributed by atoms with E-state index >= 15 is 0 Å². The van der Waals surface area contributed by atoms with Crippen molar-refractivity contribution in [3.8, 4) is 0 Å². The van der Waals surface area contributed by atoms with Crippen LogP contribution in [-0.4, -0.2) is 30.6 Å². The van der Waals surface area contributed by atoms with E-state index in [1.165, 1.54) is 37.9 Å². The Morgan fingerprint density at radius 1 is 1.29 bits per heavy atom. The number of hydrogen-bond acceptors (Lipinski definition) is 3. The van der Waals surface area contributed by atoms with Gasteiger partial charge >= 0.3 is 0 Å². The molecular formula is C14H24N2O. The van der Waals surface area contributed by atoms with Gasteiger partial charge in [-0.2, -0.15) is 0 Å². The van der Waals surface area contributed by atoms with E-state index in [4.69, 9.17) is 4.42 Å². The zero-order valence-electron chi connectivity index (χ0n) is 11.0. The summed E-state index contributed by atoms with van der Waals surface area (Å²) in [5.74, 6) is 0. The highest BCUT2D eigenvalue weighted by atomic mass is 16.3. The molecule has 1 aromatic heterocycles. The van der Waals surface area contributed by atoms with Gasteiger partial charge in [0.1, 0.15) is 0 Å². The molecule has 0 aliphatic carbocycles.